The van der Waals surface area contributed by atoms with E-state index in [0.29, 0.717) is 0 Å². The molecule has 2 rings (SSSR count). The van der Waals surface area contributed by atoms with Gasteiger partial charge in [-0.25, -0.2) is 0 Å². The molecule has 1 N–H and O–H groups in total. The van der Waals surface area contributed by atoms with E-state index in [1.807, 2.05) is 30.3 Å². The molecule has 6 nitrogen and oxygen atoms in total. The number of benzene rings is 1. The third-order valence-electron chi connectivity index (χ3n) is 3.37. The van der Waals surface area contributed by atoms with Crippen molar-refractivity contribution in [2.75, 3.05) is 34.4 Å². The van der Waals surface area contributed by atoms with Crippen LogP contribution >= 0.6 is 0 Å². The van der Waals surface area contributed by atoms with E-state index >= 15 is 0 Å². The SMILES string of the molecule is COCO[C@H]1[C@H](OCOC)[C@@H](c2ccccc2)O[C@H]1CO. The van der Waals surface area contributed by atoms with E-state index < -0.39 is 12.2 Å². The molecule has 1 saturated heterocycles. The van der Waals surface area contributed by atoms with Crippen molar-refractivity contribution < 1.29 is 28.8 Å². The summed E-state index contributed by atoms with van der Waals surface area (Å²) < 4.78 is 27.2. The predicted octanol–water partition coefficient (Wildman–Crippen LogP) is 1.10. The summed E-state index contributed by atoms with van der Waals surface area (Å²) in [7, 11) is 3.10. The Kier molecular flexibility index (Phi) is 6.56. The molecule has 0 aliphatic carbocycles. The highest BCUT2D eigenvalue weighted by Crippen LogP contribution is 2.37. The van der Waals surface area contributed by atoms with Crippen molar-refractivity contribution in [3.63, 3.8) is 0 Å². The lowest BCUT2D eigenvalue weighted by Crippen LogP contribution is -2.38. The maximum absolute atomic E-state index is 9.51. The number of hydrogen-bond donors (Lipinski definition) is 1. The molecule has 1 aliphatic heterocycles. The topological polar surface area (TPSA) is 66.4 Å². The first-order valence-electron chi connectivity index (χ1n) is 6.84. The lowest BCUT2D eigenvalue weighted by molar-refractivity contribution is -0.154. The van der Waals surface area contributed by atoms with E-state index in [2.05, 4.69) is 0 Å². The standard InChI is InChI=1S/C15H22O6/c1-17-9-19-14-12(8-16)21-13(15(14)20-10-18-2)11-6-4-3-5-7-11/h3-7,12-16H,8-10H2,1-2H3/t12-,13+,14+,15+/m0/s1. The second-order valence-electron chi connectivity index (χ2n) is 4.76. The van der Waals surface area contributed by atoms with Crippen LogP contribution < -0.4 is 0 Å². The molecule has 21 heavy (non-hydrogen) atoms. The summed E-state index contributed by atoms with van der Waals surface area (Å²) in [6, 6.07) is 9.72. The predicted molar refractivity (Wildman–Crippen MR) is 74.6 cm³/mol. The van der Waals surface area contributed by atoms with Crippen LogP contribution in [0.15, 0.2) is 30.3 Å². The smallest absolute Gasteiger partial charge is 0.146 e. The number of aliphatic hydroxyl groups excluding tert-OH is 1. The van der Waals surface area contributed by atoms with E-state index in [-0.39, 0.29) is 32.4 Å². The largest absolute Gasteiger partial charge is 0.394 e. The molecule has 0 bridgehead atoms. The molecular formula is C15H22O6. The number of aliphatic hydroxyl groups is 1. The van der Waals surface area contributed by atoms with E-state index in [9.17, 15) is 5.11 Å². The average Bonchev–Trinajstić information content (AvgIpc) is 2.89. The molecule has 4 atom stereocenters. The van der Waals surface area contributed by atoms with Crippen molar-refractivity contribution in [2.45, 2.75) is 24.4 Å². The zero-order valence-corrected chi connectivity index (χ0v) is 12.3. The van der Waals surface area contributed by atoms with Gasteiger partial charge >= 0.3 is 0 Å². The summed E-state index contributed by atoms with van der Waals surface area (Å²) in [6.07, 6.45) is -1.58. The molecule has 118 valence electrons. The zero-order chi connectivity index (χ0) is 15.1. The van der Waals surface area contributed by atoms with Gasteiger partial charge < -0.3 is 28.8 Å². The number of methoxy groups -OCH3 is 2. The van der Waals surface area contributed by atoms with Crippen LogP contribution in [0.3, 0.4) is 0 Å². The lowest BCUT2D eigenvalue weighted by Gasteiger charge is -2.24. The molecular weight excluding hydrogens is 276 g/mol. The van der Waals surface area contributed by atoms with Gasteiger partial charge in [0.15, 0.2) is 0 Å². The first-order chi connectivity index (χ1) is 10.3. The van der Waals surface area contributed by atoms with Crippen LogP contribution in [0, 0.1) is 0 Å². The highest BCUT2D eigenvalue weighted by molar-refractivity contribution is 5.21. The van der Waals surface area contributed by atoms with E-state index in [0.717, 1.165) is 5.56 Å². The van der Waals surface area contributed by atoms with Crippen LogP contribution in [0.25, 0.3) is 0 Å². The maximum Gasteiger partial charge on any atom is 0.146 e. The molecule has 0 unspecified atom stereocenters. The molecule has 1 heterocycles. The molecule has 1 aliphatic rings. The minimum atomic E-state index is -0.466. The van der Waals surface area contributed by atoms with Gasteiger partial charge in [-0.15, -0.1) is 0 Å². The molecule has 6 heteroatoms. The van der Waals surface area contributed by atoms with E-state index in [1.165, 1.54) is 0 Å². The van der Waals surface area contributed by atoms with Crippen LogP contribution in [0.4, 0.5) is 0 Å². The number of hydrogen-bond acceptors (Lipinski definition) is 6. The molecule has 1 aromatic carbocycles. The minimum absolute atomic E-state index is 0.110. The normalized spacial score (nSPS) is 28.9. The summed E-state index contributed by atoms with van der Waals surface area (Å²) in [4.78, 5) is 0. The van der Waals surface area contributed by atoms with Crippen LogP contribution in [-0.2, 0) is 23.7 Å². The van der Waals surface area contributed by atoms with Crippen LogP contribution in [0.5, 0.6) is 0 Å². The Morgan fingerprint density at radius 3 is 2.19 bits per heavy atom. The van der Waals surface area contributed by atoms with Gasteiger partial charge in [-0.1, -0.05) is 30.3 Å². The fourth-order valence-corrected chi connectivity index (χ4v) is 2.46. The highest BCUT2D eigenvalue weighted by Gasteiger charge is 2.46. The Morgan fingerprint density at radius 1 is 1.00 bits per heavy atom. The fourth-order valence-electron chi connectivity index (χ4n) is 2.46. The molecule has 0 radical (unpaired) electrons. The van der Waals surface area contributed by atoms with Crippen LogP contribution in [0.2, 0.25) is 0 Å². The third kappa shape index (κ3) is 4.00. The monoisotopic (exact) mass is 298 g/mol. The van der Waals surface area contributed by atoms with Crippen molar-refractivity contribution in [1.82, 2.24) is 0 Å². The first-order valence-corrected chi connectivity index (χ1v) is 6.84. The third-order valence-corrected chi connectivity index (χ3v) is 3.37. The van der Waals surface area contributed by atoms with E-state index in [1.54, 1.807) is 14.2 Å². The van der Waals surface area contributed by atoms with Crippen LogP contribution in [-0.4, -0.2) is 57.8 Å². The van der Waals surface area contributed by atoms with Gasteiger partial charge in [0.05, 0.1) is 6.61 Å². The summed E-state index contributed by atoms with van der Waals surface area (Å²) in [6.45, 7) is 0.0891. The Hall–Kier alpha value is -1.02. The van der Waals surface area contributed by atoms with Crippen molar-refractivity contribution in [1.29, 1.82) is 0 Å². The molecule has 0 spiro atoms. The van der Waals surface area contributed by atoms with Gasteiger partial charge in [0.1, 0.15) is 38.0 Å². The maximum atomic E-state index is 9.51. The minimum Gasteiger partial charge on any atom is -0.394 e. The van der Waals surface area contributed by atoms with Gasteiger partial charge in [0.2, 0.25) is 0 Å². The first kappa shape index (κ1) is 16.4. The fraction of sp³-hybridized carbons (Fsp3) is 0.600. The summed E-state index contributed by atoms with van der Waals surface area (Å²) in [5.74, 6) is 0. The zero-order valence-electron chi connectivity index (χ0n) is 12.3. The lowest BCUT2D eigenvalue weighted by atomic mass is 10.0. The van der Waals surface area contributed by atoms with Crippen molar-refractivity contribution in [3.05, 3.63) is 35.9 Å². The second-order valence-corrected chi connectivity index (χ2v) is 4.76. The van der Waals surface area contributed by atoms with Gasteiger partial charge in [-0.3, -0.25) is 0 Å². The quantitative estimate of drug-likeness (QED) is 0.725. The molecule has 0 aromatic heterocycles. The number of rotatable bonds is 8. The van der Waals surface area contributed by atoms with E-state index in [4.69, 9.17) is 23.7 Å². The summed E-state index contributed by atoms with van der Waals surface area (Å²) >= 11 is 0. The van der Waals surface area contributed by atoms with Gasteiger partial charge in [0, 0.05) is 14.2 Å². The van der Waals surface area contributed by atoms with Gasteiger partial charge in [-0.05, 0) is 5.56 Å². The summed E-state index contributed by atoms with van der Waals surface area (Å²) in [5.41, 5.74) is 0.973. The Bertz CT molecular complexity index is 398. The Labute approximate surface area is 124 Å². The van der Waals surface area contributed by atoms with Crippen molar-refractivity contribution >= 4 is 0 Å². The Morgan fingerprint density at radius 2 is 1.62 bits per heavy atom. The van der Waals surface area contributed by atoms with Gasteiger partial charge in [-0.2, -0.15) is 0 Å². The second kappa shape index (κ2) is 8.43. The molecule has 1 fully saturated rings. The summed E-state index contributed by atoms with van der Waals surface area (Å²) in [5, 5.41) is 9.51. The Balaban J connectivity index is 2.17. The van der Waals surface area contributed by atoms with Crippen LogP contribution in [0.1, 0.15) is 11.7 Å². The van der Waals surface area contributed by atoms with Crippen molar-refractivity contribution in [3.8, 4) is 0 Å². The van der Waals surface area contributed by atoms with Gasteiger partial charge in [0.25, 0.3) is 0 Å². The molecule has 1 aromatic rings. The molecule has 0 amide bonds. The van der Waals surface area contributed by atoms with Crippen molar-refractivity contribution in [2.24, 2.45) is 0 Å². The molecule has 0 saturated carbocycles. The number of ether oxygens (including phenoxy) is 5. The highest BCUT2D eigenvalue weighted by atomic mass is 16.7. The average molecular weight is 298 g/mol.